The summed E-state index contributed by atoms with van der Waals surface area (Å²) in [6.45, 7) is 0.103. The molecule has 0 spiro atoms. The lowest BCUT2D eigenvalue weighted by Crippen LogP contribution is -2.14. The zero-order chi connectivity index (χ0) is 15.2. The molecule has 2 rings (SSSR count). The van der Waals surface area contributed by atoms with Gasteiger partial charge in [0.15, 0.2) is 0 Å². The predicted octanol–water partition coefficient (Wildman–Crippen LogP) is 2.06. The Kier molecular flexibility index (Phi) is 4.79. The van der Waals surface area contributed by atoms with E-state index in [4.69, 9.17) is 15.6 Å². The number of carbonyl (C=O) groups excluding carboxylic acids is 1. The molecule has 0 unspecified atom stereocenters. The molecular weight excluding hydrogens is 268 g/mol. The Labute approximate surface area is 123 Å². The van der Waals surface area contributed by atoms with E-state index in [1.807, 2.05) is 12.1 Å². The number of aliphatic hydroxyl groups is 1. The van der Waals surface area contributed by atoms with Crippen LogP contribution in [0.3, 0.4) is 0 Å². The van der Waals surface area contributed by atoms with Crippen molar-refractivity contribution in [1.29, 1.82) is 0 Å². The number of amides is 1. The minimum absolute atomic E-state index is 0.103. The Morgan fingerprint density at radius 1 is 1.24 bits per heavy atom. The van der Waals surface area contributed by atoms with Gasteiger partial charge in [0.05, 0.1) is 18.4 Å². The number of benzene rings is 2. The van der Waals surface area contributed by atoms with E-state index in [0.717, 1.165) is 5.56 Å². The van der Waals surface area contributed by atoms with Crippen molar-refractivity contribution < 1.29 is 14.6 Å². The highest BCUT2D eigenvalue weighted by molar-refractivity contribution is 6.08. The van der Waals surface area contributed by atoms with Crippen LogP contribution in [0.5, 0.6) is 5.75 Å². The molecule has 0 fully saturated rings. The maximum absolute atomic E-state index is 12.2. The van der Waals surface area contributed by atoms with Crippen molar-refractivity contribution in [2.24, 2.45) is 0 Å². The van der Waals surface area contributed by atoms with Gasteiger partial charge in [-0.25, -0.2) is 0 Å². The summed E-state index contributed by atoms with van der Waals surface area (Å²) in [7, 11) is 1.51. The largest absolute Gasteiger partial charge is 0.495 e. The van der Waals surface area contributed by atoms with E-state index in [9.17, 15) is 4.79 Å². The summed E-state index contributed by atoms with van der Waals surface area (Å²) in [5, 5.41) is 11.7. The molecule has 2 aromatic carbocycles. The number of rotatable bonds is 5. The molecule has 0 aliphatic carbocycles. The second-order valence-electron chi connectivity index (χ2n) is 4.55. The molecule has 5 nitrogen and oxygen atoms in total. The van der Waals surface area contributed by atoms with Crippen LogP contribution in [-0.2, 0) is 6.42 Å². The number of para-hydroxylation sites is 1. The molecule has 0 aromatic heterocycles. The fraction of sp³-hybridized carbons (Fsp3) is 0.188. The van der Waals surface area contributed by atoms with Crippen LogP contribution in [0.4, 0.5) is 11.4 Å². The summed E-state index contributed by atoms with van der Waals surface area (Å²) in [6, 6.07) is 12.4. The van der Waals surface area contributed by atoms with Crippen molar-refractivity contribution in [2.45, 2.75) is 6.42 Å². The van der Waals surface area contributed by atoms with Crippen LogP contribution in [0.15, 0.2) is 42.5 Å². The molecule has 21 heavy (non-hydrogen) atoms. The van der Waals surface area contributed by atoms with Crippen LogP contribution in [0.1, 0.15) is 15.9 Å². The molecule has 0 radical (unpaired) electrons. The quantitative estimate of drug-likeness (QED) is 0.735. The number of carbonyl (C=O) groups is 1. The first-order chi connectivity index (χ1) is 10.2. The van der Waals surface area contributed by atoms with Gasteiger partial charge >= 0.3 is 0 Å². The monoisotopic (exact) mass is 286 g/mol. The standard InChI is InChI=1S/C16H18N2O3/c1-21-14-4-2-3-13(15(14)17)16(20)18-12-7-5-11(6-8-12)9-10-19/h2-8,19H,9-10,17H2,1H3,(H,18,20). The maximum atomic E-state index is 12.2. The maximum Gasteiger partial charge on any atom is 0.257 e. The first kappa shape index (κ1) is 14.9. The van der Waals surface area contributed by atoms with E-state index in [0.29, 0.717) is 29.1 Å². The Hall–Kier alpha value is -2.53. The Balaban J connectivity index is 2.14. The number of ether oxygens (including phenoxy) is 1. The van der Waals surface area contributed by atoms with Gasteiger partial charge in [-0.15, -0.1) is 0 Å². The number of nitrogens with one attached hydrogen (secondary N) is 1. The van der Waals surface area contributed by atoms with Crippen molar-refractivity contribution in [3.8, 4) is 5.75 Å². The molecule has 110 valence electrons. The molecular formula is C16H18N2O3. The number of hydrogen-bond donors (Lipinski definition) is 3. The molecule has 4 N–H and O–H groups in total. The molecule has 1 amide bonds. The van der Waals surface area contributed by atoms with E-state index >= 15 is 0 Å². The zero-order valence-electron chi connectivity index (χ0n) is 11.8. The average molecular weight is 286 g/mol. The van der Waals surface area contributed by atoms with E-state index in [1.165, 1.54) is 7.11 Å². The second-order valence-corrected chi connectivity index (χ2v) is 4.55. The van der Waals surface area contributed by atoms with Gasteiger partial charge in [0.1, 0.15) is 5.75 Å². The van der Waals surface area contributed by atoms with Crippen LogP contribution >= 0.6 is 0 Å². The summed E-state index contributed by atoms with van der Waals surface area (Å²) in [4.78, 5) is 12.2. The highest BCUT2D eigenvalue weighted by atomic mass is 16.5. The first-order valence-corrected chi connectivity index (χ1v) is 6.59. The van der Waals surface area contributed by atoms with Gasteiger partial charge in [0.2, 0.25) is 0 Å². The third-order valence-corrected chi connectivity index (χ3v) is 3.14. The van der Waals surface area contributed by atoms with Crippen LogP contribution in [0.2, 0.25) is 0 Å². The minimum atomic E-state index is -0.290. The number of nitrogens with two attached hydrogens (primary N) is 1. The van der Waals surface area contributed by atoms with Crippen molar-refractivity contribution in [2.75, 3.05) is 24.8 Å². The minimum Gasteiger partial charge on any atom is -0.495 e. The molecule has 0 saturated heterocycles. The molecule has 0 heterocycles. The van der Waals surface area contributed by atoms with Crippen molar-refractivity contribution in [3.05, 3.63) is 53.6 Å². The van der Waals surface area contributed by atoms with Gasteiger partial charge in [0, 0.05) is 12.3 Å². The second kappa shape index (κ2) is 6.76. The van der Waals surface area contributed by atoms with Crippen LogP contribution < -0.4 is 15.8 Å². The van der Waals surface area contributed by atoms with Gasteiger partial charge in [-0.05, 0) is 36.2 Å². The lowest BCUT2D eigenvalue weighted by Gasteiger charge is -2.10. The number of hydrogen-bond acceptors (Lipinski definition) is 4. The molecule has 0 atom stereocenters. The SMILES string of the molecule is COc1cccc(C(=O)Nc2ccc(CCO)cc2)c1N. The topological polar surface area (TPSA) is 84.6 Å². The number of nitrogen functional groups attached to an aromatic ring is 1. The average Bonchev–Trinajstić information content (AvgIpc) is 2.49. The molecule has 2 aromatic rings. The molecule has 0 aliphatic rings. The third kappa shape index (κ3) is 3.52. The van der Waals surface area contributed by atoms with Gasteiger partial charge in [-0.3, -0.25) is 4.79 Å². The van der Waals surface area contributed by atoms with Crippen LogP contribution in [-0.4, -0.2) is 24.7 Å². The van der Waals surface area contributed by atoms with E-state index in [-0.39, 0.29) is 12.5 Å². The fourth-order valence-corrected chi connectivity index (χ4v) is 2.00. The van der Waals surface area contributed by atoms with Crippen molar-refractivity contribution in [3.63, 3.8) is 0 Å². The highest BCUT2D eigenvalue weighted by Crippen LogP contribution is 2.25. The predicted molar refractivity (Wildman–Crippen MR) is 82.6 cm³/mol. The number of methoxy groups -OCH3 is 1. The van der Waals surface area contributed by atoms with E-state index < -0.39 is 0 Å². The number of aliphatic hydroxyl groups excluding tert-OH is 1. The first-order valence-electron chi connectivity index (χ1n) is 6.59. The molecule has 0 bridgehead atoms. The third-order valence-electron chi connectivity index (χ3n) is 3.14. The molecule has 5 heteroatoms. The Morgan fingerprint density at radius 2 is 1.95 bits per heavy atom. The normalized spacial score (nSPS) is 10.2. The van der Waals surface area contributed by atoms with Crippen molar-refractivity contribution >= 4 is 17.3 Å². The number of anilines is 2. The fourth-order valence-electron chi connectivity index (χ4n) is 2.00. The van der Waals surface area contributed by atoms with E-state index in [2.05, 4.69) is 5.32 Å². The molecule has 0 saturated carbocycles. The summed E-state index contributed by atoms with van der Waals surface area (Å²) >= 11 is 0. The van der Waals surface area contributed by atoms with Crippen LogP contribution in [0.25, 0.3) is 0 Å². The summed E-state index contributed by atoms with van der Waals surface area (Å²) in [5.41, 5.74) is 8.26. The van der Waals surface area contributed by atoms with Crippen molar-refractivity contribution in [1.82, 2.24) is 0 Å². The summed E-state index contributed by atoms with van der Waals surface area (Å²) in [5.74, 6) is 0.183. The van der Waals surface area contributed by atoms with Gasteiger partial charge in [-0.2, -0.15) is 0 Å². The lowest BCUT2D eigenvalue weighted by molar-refractivity contribution is 0.102. The highest BCUT2D eigenvalue weighted by Gasteiger charge is 2.13. The van der Waals surface area contributed by atoms with Gasteiger partial charge in [-0.1, -0.05) is 18.2 Å². The van der Waals surface area contributed by atoms with Crippen LogP contribution in [0, 0.1) is 0 Å². The zero-order valence-corrected chi connectivity index (χ0v) is 11.8. The molecule has 0 aliphatic heterocycles. The van der Waals surface area contributed by atoms with Gasteiger partial charge in [0.25, 0.3) is 5.91 Å². The lowest BCUT2D eigenvalue weighted by atomic mass is 10.1. The Bertz CT molecular complexity index is 624. The smallest absolute Gasteiger partial charge is 0.257 e. The van der Waals surface area contributed by atoms with E-state index in [1.54, 1.807) is 30.3 Å². The Morgan fingerprint density at radius 3 is 2.57 bits per heavy atom. The summed E-state index contributed by atoms with van der Waals surface area (Å²) in [6.07, 6.45) is 0.594. The van der Waals surface area contributed by atoms with Gasteiger partial charge < -0.3 is 20.9 Å². The summed E-state index contributed by atoms with van der Waals surface area (Å²) < 4.78 is 5.10.